The van der Waals surface area contributed by atoms with E-state index in [4.69, 9.17) is 21.6 Å². The summed E-state index contributed by atoms with van der Waals surface area (Å²) in [6, 6.07) is 17.7. The monoisotopic (exact) mass is 863 g/mol. The summed E-state index contributed by atoms with van der Waals surface area (Å²) in [5.74, 6) is -0.240. The van der Waals surface area contributed by atoms with Gasteiger partial charge in [0.2, 0.25) is 24.2 Å². The average Bonchev–Trinajstić information content (AvgIpc) is 3.28. The Bertz CT molecular complexity index is 2420. The predicted molar refractivity (Wildman–Crippen MR) is 244 cm³/mol. The van der Waals surface area contributed by atoms with Gasteiger partial charge in [-0.2, -0.15) is 4.98 Å². The molecular weight excluding hydrogens is 809 g/mol. The van der Waals surface area contributed by atoms with Crippen LogP contribution < -0.4 is 15.5 Å². The van der Waals surface area contributed by atoms with Gasteiger partial charge in [-0.05, 0) is 89.9 Å². The molecule has 0 spiro atoms. The molecule has 1 atom stereocenters. The Morgan fingerprint density at radius 1 is 0.968 bits per heavy atom. The Kier molecular flexibility index (Phi) is 15.9. The molecule has 0 saturated carbocycles. The van der Waals surface area contributed by atoms with Crippen LogP contribution in [0.15, 0.2) is 73.3 Å². The second-order valence-corrected chi connectivity index (χ2v) is 16.1. The number of phenolic OH excluding ortho intramolecular Hbond substituents is 1. The van der Waals surface area contributed by atoms with E-state index in [2.05, 4.69) is 23.3 Å². The minimum absolute atomic E-state index is 0.00706. The van der Waals surface area contributed by atoms with Crippen LogP contribution in [0.2, 0.25) is 5.02 Å². The molecule has 1 aliphatic rings. The largest absolute Gasteiger partial charge is 0.508 e. The maximum atomic E-state index is 16.9. The second kappa shape index (κ2) is 21.6. The summed E-state index contributed by atoms with van der Waals surface area (Å²) >= 11 is 6.89. The van der Waals surface area contributed by atoms with E-state index in [0.717, 1.165) is 78.7 Å². The normalized spacial score (nSPS) is 13.2. The van der Waals surface area contributed by atoms with Crippen LogP contribution in [-0.2, 0) is 32.1 Å². The van der Waals surface area contributed by atoms with Gasteiger partial charge in [0.05, 0.1) is 5.02 Å². The third kappa shape index (κ3) is 10.7. The molecule has 1 unspecified atom stereocenters. The van der Waals surface area contributed by atoms with E-state index >= 15 is 4.39 Å². The van der Waals surface area contributed by atoms with Crippen LogP contribution in [0.5, 0.6) is 5.75 Å². The van der Waals surface area contributed by atoms with E-state index < -0.39 is 11.9 Å². The van der Waals surface area contributed by atoms with Crippen molar-refractivity contribution in [1.29, 1.82) is 0 Å². The molecule has 2 heterocycles. The number of anilines is 2. The summed E-state index contributed by atoms with van der Waals surface area (Å²) in [5, 5.41) is 18.7. The molecule has 62 heavy (non-hydrogen) atoms. The molecule has 14 heteroatoms. The molecule has 1 fully saturated rings. The fraction of sp³-hybridized carbons (Fsp3) is 0.375. The highest BCUT2D eigenvalue weighted by Crippen LogP contribution is 2.42. The summed E-state index contributed by atoms with van der Waals surface area (Å²) < 4.78 is 16.9. The van der Waals surface area contributed by atoms with Crippen LogP contribution in [0.3, 0.4) is 0 Å². The highest BCUT2D eigenvalue weighted by atomic mass is 35.5. The summed E-state index contributed by atoms with van der Waals surface area (Å²) in [6.07, 6.45) is 9.95. The number of likely N-dealkylation sites (N-methyl/N-ethyl adjacent to an activating group) is 1. The number of fused-ring (bicyclic) bond motifs is 2. The van der Waals surface area contributed by atoms with Crippen LogP contribution in [-0.4, -0.2) is 95.2 Å². The van der Waals surface area contributed by atoms with Crippen LogP contribution in [0, 0.1) is 12.7 Å². The molecule has 0 aliphatic carbocycles. The van der Waals surface area contributed by atoms with E-state index in [1.54, 1.807) is 17.0 Å². The number of benzene rings is 4. The van der Waals surface area contributed by atoms with Crippen LogP contribution in [0.4, 0.5) is 16.2 Å². The number of halogens is 2. The lowest BCUT2D eigenvalue weighted by molar-refractivity contribution is -0.133. The Labute approximate surface area is 367 Å². The van der Waals surface area contributed by atoms with E-state index in [9.17, 15) is 24.3 Å². The number of aromatic hydroxyl groups is 1. The fourth-order valence-electron chi connectivity index (χ4n) is 8.33. The second-order valence-electron chi connectivity index (χ2n) is 15.7. The van der Waals surface area contributed by atoms with E-state index in [-0.39, 0.29) is 52.5 Å². The molecule has 4 aromatic carbocycles. The number of nitrogens with zero attached hydrogens (tertiary/aromatic N) is 5. The SMILES string of the molecule is C=CC(=O)N1CCN(c2nc(NCCCCCCCCc3cccc(C)c3CN(C=O)C(CCC=O)C(=O)NC)nc3c(F)c(-c4cc(O)cc5ccccc45)c(Cl)cc23)CC1. The summed E-state index contributed by atoms with van der Waals surface area (Å²) in [4.78, 5) is 62.9. The summed E-state index contributed by atoms with van der Waals surface area (Å²) in [5.41, 5.74) is 3.94. The zero-order chi connectivity index (χ0) is 44.2. The van der Waals surface area contributed by atoms with E-state index in [0.29, 0.717) is 62.4 Å². The quantitative estimate of drug-likeness (QED) is 0.0378. The molecule has 3 N–H and O–H groups in total. The van der Waals surface area contributed by atoms with E-state index in [1.165, 1.54) is 24.1 Å². The van der Waals surface area contributed by atoms with Crippen molar-refractivity contribution < 1.29 is 28.7 Å². The number of amides is 3. The Balaban J connectivity index is 1.10. The number of rotatable bonds is 21. The number of unbranched alkanes of at least 4 members (excludes halogenated alkanes) is 5. The van der Waals surface area contributed by atoms with E-state index in [1.807, 2.05) is 48.2 Å². The molecule has 5 aromatic rings. The molecule has 12 nitrogen and oxygen atoms in total. The lowest BCUT2D eigenvalue weighted by Gasteiger charge is -2.35. The highest BCUT2D eigenvalue weighted by Gasteiger charge is 2.27. The molecule has 0 radical (unpaired) electrons. The smallest absolute Gasteiger partial charge is 0.246 e. The standard InChI is InChI=1S/C48H55ClFN7O5/c1-4-42(61)55-22-24-56(25-23-55)46-38-29-40(49)43(37-28-35(60)27-34-17-10-11-19-36(34)37)44(50)45(38)53-48(54-46)52-21-12-8-6-5-7-9-16-33-18-13-15-32(2)39(33)30-57(31-59)41(20-14-26-58)47(62)51-3/h4,10-11,13,15,17-19,26-29,31,41,60H,1,5-9,12,14,16,20-25,30H2,2-3H3,(H,51,62)(H,52,53,54). The summed E-state index contributed by atoms with van der Waals surface area (Å²) in [6.45, 7) is 8.36. The number of nitrogens with one attached hydrogen (secondary N) is 2. The van der Waals surface area contributed by atoms with Gasteiger partial charge in [0.1, 0.15) is 29.4 Å². The van der Waals surface area contributed by atoms with Gasteiger partial charge in [-0.1, -0.05) is 86.3 Å². The van der Waals surface area contributed by atoms with Crippen molar-refractivity contribution in [1.82, 2.24) is 25.1 Å². The molecule has 0 bridgehead atoms. The van der Waals surface area contributed by atoms with Gasteiger partial charge < -0.3 is 35.2 Å². The number of hydrogen-bond acceptors (Lipinski definition) is 9. The van der Waals surface area contributed by atoms with Crippen molar-refractivity contribution in [3.05, 3.63) is 101 Å². The van der Waals surface area contributed by atoms with Crippen molar-refractivity contribution in [3.63, 3.8) is 0 Å². The maximum Gasteiger partial charge on any atom is 0.246 e. The van der Waals surface area contributed by atoms with Gasteiger partial charge in [-0.25, -0.2) is 9.37 Å². The highest BCUT2D eigenvalue weighted by molar-refractivity contribution is 6.35. The van der Waals surface area contributed by atoms with Crippen molar-refractivity contribution in [2.24, 2.45) is 0 Å². The third-order valence-corrected chi connectivity index (χ3v) is 12.0. The molecule has 3 amide bonds. The van der Waals surface area contributed by atoms with Crippen LogP contribution in [0.1, 0.15) is 68.1 Å². The van der Waals surface area contributed by atoms with Crippen molar-refractivity contribution in [2.75, 3.05) is 50.0 Å². The van der Waals surface area contributed by atoms with Crippen LogP contribution in [0.25, 0.3) is 32.8 Å². The molecule has 1 aliphatic heterocycles. The van der Waals surface area contributed by atoms with Gasteiger partial charge >= 0.3 is 0 Å². The first-order valence-electron chi connectivity index (χ1n) is 21.3. The fourth-order valence-corrected chi connectivity index (χ4v) is 8.62. The van der Waals surface area contributed by atoms with Crippen molar-refractivity contribution in [2.45, 2.75) is 77.3 Å². The number of piperazine rings is 1. The molecular formula is C48H55ClFN7O5. The first-order valence-corrected chi connectivity index (χ1v) is 21.7. The molecule has 326 valence electrons. The average molecular weight is 864 g/mol. The number of hydrogen-bond donors (Lipinski definition) is 3. The number of aryl methyl sites for hydroxylation is 2. The predicted octanol–water partition coefficient (Wildman–Crippen LogP) is 8.14. The topological polar surface area (TPSA) is 148 Å². The van der Waals surface area contributed by atoms with Gasteiger partial charge in [-0.3, -0.25) is 14.4 Å². The van der Waals surface area contributed by atoms with Gasteiger partial charge in [0, 0.05) is 63.7 Å². The Hall–Kier alpha value is -6.08. The zero-order valence-corrected chi connectivity index (χ0v) is 36.2. The lowest BCUT2D eigenvalue weighted by Crippen LogP contribution is -2.48. The third-order valence-electron chi connectivity index (χ3n) is 11.7. The van der Waals surface area contributed by atoms with Crippen molar-refractivity contribution >= 4 is 69.6 Å². The molecule has 6 rings (SSSR count). The first-order chi connectivity index (χ1) is 30.1. The van der Waals surface area contributed by atoms with Gasteiger partial charge in [-0.15, -0.1) is 0 Å². The minimum atomic E-state index is -0.721. The lowest BCUT2D eigenvalue weighted by atomic mass is 9.96. The van der Waals surface area contributed by atoms with Crippen LogP contribution >= 0.6 is 11.6 Å². The first kappa shape index (κ1) is 45.4. The number of carbonyl (C=O) groups is 4. The number of aldehydes is 1. The Morgan fingerprint density at radius 3 is 2.44 bits per heavy atom. The minimum Gasteiger partial charge on any atom is -0.508 e. The molecule has 1 saturated heterocycles. The summed E-state index contributed by atoms with van der Waals surface area (Å²) in [7, 11) is 1.53. The van der Waals surface area contributed by atoms with Gasteiger partial charge in [0.15, 0.2) is 5.82 Å². The zero-order valence-electron chi connectivity index (χ0n) is 35.5. The Morgan fingerprint density at radius 2 is 1.71 bits per heavy atom. The number of phenols is 1. The molecule has 1 aromatic heterocycles. The number of carbonyl (C=O) groups excluding carboxylic acids is 4. The number of aromatic nitrogens is 2. The van der Waals surface area contributed by atoms with Gasteiger partial charge in [0.25, 0.3) is 0 Å². The van der Waals surface area contributed by atoms with Crippen molar-refractivity contribution in [3.8, 4) is 16.9 Å². The maximum absolute atomic E-state index is 16.9.